The number of ether oxygens (including phenoxy) is 4. The summed E-state index contributed by atoms with van der Waals surface area (Å²) in [5.74, 6) is 1.44. The largest absolute Gasteiger partial charge is 0.514 e. The van der Waals surface area contributed by atoms with Crippen molar-refractivity contribution in [3.05, 3.63) is 89.0 Å². The van der Waals surface area contributed by atoms with Gasteiger partial charge in [-0.3, -0.25) is 15.0 Å². The van der Waals surface area contributed by atoms with Crippen molar-refractivity contribution in [1.29, 1.82) is 0 Å². The lowest BCUT2D eigenvalue weighted by atomic mass is 10.1. The first-order valence-electron chi connectivity index (χ1n) is 14.7. The summed E-state index contributed by atoms with van der Waals surface area (Å²) in [6.07, 6.45) is 0.900. The Morgan fingerprint density at radius 1 is 0.844 bits per heavy atom. The molecule has 1 saturated heterocycles. The highest BCUT2D eigenvalue weighted by molar-refractivity contribution is 5.86. The second-order valence-electron chi connectivity index (χ2n) is 10.3. The third-order valence-corrected chi connectivity index (χ3v) is 7.07. The maximum Gasteiger partial charge on any atom is 0.514 e. The molecule has 3 aromatic rings. The number of hydrogen-bond acceptors (Lipinski definition) is 9. The number of anilines is 1. The highest BCUT2D eigenvalue weighted by Gasteiger charge is 2.27. The second kappa shape index (κ2) is 16.5. The molecule has 0 spiro atoms. The van der Waals surface area contributed by atoms with E-state index in [0.717, 1.165) is 12.8 Å². The lowest BCUT2D eigenvalue weighted by Gasteiger charge is -2.30. The number of unbranched alkanes of at least 4 members (excludes halogenated alkanes) is 3. The van der Waals surface area contributed by atoms with E-state index >= 15 is 0 Å². The molecule has 1 aliphatic heterocycles. The summed E-state index contributed by atoms with van der Waals surface area (Å²) in [6, 6.07) is 21.3. The molecule has 0 unspecified atom stereocenters. The SMILES string of the molecule is O=C(Oc1ccc([N+](=O)[O-])cc1)OC1CCN(C(=O)OCCCCCCN(C(=O)O)c2ccc(Oc3ccccc3)cc2)CC1. The molecule has 0 aliphatic carbocycles. The fraction of sp³-hybridized carbons (Fsp3) is 0.344. The minimum atomic E-state index is -1.03. The van der Waals surface area contributed by atoms with Crippen molar-refractivity contribution >= 4 is 29.7 Å². The monoisotopic (exact) mass is 621 g/mol. The number of nitro groups is 1. The minimum absolute atomic E-state index is 0.119. The van der Waals surface area contributed by atoms with E-state index in [1.54, 1.807) is 29.2 Å². The third kappa shape index (κ3) is 10.4. The van der Waals surface area contributed by atoms with Gasteiger partial charge in [0.2, 0.25) is 0 Å². The Morgan fingerprint density at radius 2 is 1.47 bits per heavy atom. The molecule has 1 fully saturated rings. The quantitative estimate of drug-likeness (QED) is 0.0677. The summed E-state index contributed by atoms with van der Waals surface area (Å²) in [5.41, 5.74) is 0.443. The first-order valence-corrected chi connectivity index (χ1v) is 14.7. The molecule has 0 atom stereocenters. The molecule has 1 aliphatic rings. The van der Waals surface area contributed by atoms with Crippen LogP contribution in [-0.4, -0.2) is 65.6 Å². The predicted octanol–water partition coefficient (Wildman–Crippen LogP) is 7.25. The molecule has 1 heterocycles. The van der Waals surface area contributed by atoms with E-state index in [2.05, 4.69) is 0 Å². The number of likely N-dealkylation sites (tertiary alicyclic amines) is 1. The van der Waals surface area contributed by atoms with Gasteiger partial charge in [-0.2, -0.15) is 0 Å². The first-order chi connectivity index (χ1) is 21.8. The number of carboxylic acid groups (broad SMARTS) is 1. The van der Waals surface area contributed by atoms with Crippen molar-refractivity contribution in [3.8, 4) is 17.2 Å². The Balaban J connectivity index is 1.07. The standard InChI is InChI=1S/C32H35N3O10/c36-30(37)34(24-10-14-27(15-11-24)43-26-8-4-3-5-9-26)20-6-1-2-7-23-42-31(38)33-21-18-29(19-22-33)45-32(39)44-28-16-12-25(13-17-28)35(40)41/h3-5,8-17,29H,1-2,6-7,18-23H2,(H,36,37). The molecule has 45 heavy (non-hydrogen) atoms. The van der Waals surface area contributed by atoms with Crippen molar-refractivity contribution < 1.29 is 43.4 Å². The number of para-hydroxylation sites is 1. The van der Waals surface area contributed by atoms with E-state index in [0.29, 0.717) is 62.5 Å². The van der Waals surface area contributed by atoms with Crippen molar-refractivity contribution in [2.75, 3.05) is 31.1 Å². The van der Waals surface area contributed by atoms with Crippen LogP contribution in [0.15, 0.2) is 78.9 Å². The van der Waals surface area contributed by atoms with E-state index in [1.807, 2.05) is 30.3 Å². The lowest BCUT2D eigenvalue weighted by molar-refractivity contribution is -0.384. The molecule has 238 valence electrons. The molecular weight excluding hydrogens is 586 g/mol. The van der Waals surface area contributed by atoms with Gasteiger partial charge < -0.3 is 29.0 Å². The van der Waals surface area contributed by atoms with Crippen LogP contribution >= 0.6 is 0 Å². The number of carbonyl (C=O) groups is 3. The summed E-state index contributed by atoms with van der Waals surface area (Å²) in [6.45, 7) is 1.31. The van der Waals surface area contributed by atoms with Gasteiger partial charge in [0, 0.05) is 50.3 Å². The summed E-state index contributed by atoms with van der Waals surface area (Å²) in [4.78, 5) is 49.3. The van der Waals surface area contributed by atoms with Crippen LogP contribution in [0.25, 0.3) is 0 Å². The molecule has 3 aromatic carbocycles. The zero-order chi connectivity index (χ0) is 32.0. The predicted molar refractivity (Wildman–Crippen MR) is 163 cm³/mol. The second-order valence-corrected chi connectivity index (χ2v) is 10.3. The Hall–Kier alpha value is -5.33. The molecule has 0 bridgehead atoms. The number of amides is 2. The van der Waals surface area contributed by atoms with Gasteiger partial charge in [0.25, 0.3) is 5.69 Å². The Morgan fingerprint density at radius 3 is 2.11 bits per heavy atom. The molecule has 0 aromatic heterocycles. The maximum atomic E-state index is 12.4. The van der Waals surface area contributed by atoms with Crippen molar-refractivity contribution in [3.63, 3.8) is 0 Å². The number of hydrogen-bond donors (Lipinski definition) is 1. The van der Waals surface area contributed by atoms with Crippen LogP contribution in [0.2, 0.25) is 0 Å². The molecule has 1 N–H and O–H groups in total. The minimum Gasteiger partial charge on any atom is -0.465 e. The highest BCUT2D eigenvalue weighted by Crippen LogP contribution is 2.25. The van der Waals surface area contributed by atoms with Crippen LogP contribution < -0.4 is 14.4 Å². The average molecular weight is 622 g/mol. The fourth-order valence-corrected chi connectivity index (χ4v) is 4.68. The van der Waals surface area contributed by atoms with E-state index in [4.69, 9.17) is 18.9 Å². The van der Waals surface area contributed by atoms with E-state index in [9.17, 15) is 29.6 Å². The van der Waals surface area contributed by atoms with Gasteiger partial charge in [-0.1, -0.05) is 24.6 Å². The number of benzene rings is 3. The molecule has 13 heteroatoms. The van der Waals surface area contributed by atoms with Gasteiger partial charge in [0.1, 0.15) is 23.4 Å². The summed E-state index contributed by atoms with van der Waals surface area (Å²) >= 11 is 0. The Kier molecular flexibility index (Phi) is 11.9. The zero-order valence-corrected chi connectivity index (χ0v) is 24.6. The van der Waals surface area contributed by atoms with E-state index in [1.165, 1.54) is 29.2 Å². The third-order valence-electron chi connectivity index (χ3n) is 7.07. The van der Waals surface area contributed by atoms with E-state index < -0.39 is 29.4 Å². The molecule has 4 rings (SSSR count). The maximum absolute atomic E-state index is 12.4. The number of carbonyl (C=O) groups excluding carboxylic acids is 2. The van der Waals surface area contributed by atoms with Gasteiger partial charge in [-0.05, 0) is 67.8 Å². The number of non-ortho nitro benzene ring substituents is 1. The molecule has 2 amide bonds. The zero-order valence-electron chi connectivity index (χ0n) is 24.6. The van der Waals surface area contributed by atoms with Crippen LogP contribution in [0.4, 0.5) is 25.8 Å². The van der Waals surface area contributed by atoms with Gasteiger partial charge in [0.05, 0.1) is 11.5 Å². The summed E-state index contributed by atoms with van der Waals surface area (Å²) < 4.78 is 21.5. The molecular formula is C32H35N3O10. The van der Waals surface area contributed by atoms with Crippen LogP contribution in [0.1, 0.15) is 38.5 Å². The number of nitrogens with zero attached hydrogens (tertiary/aromatic N) is 3. The van der Waals surface area contributed by atoms with Gasteiger partial charge in [-0.25, -0.2) is 14.4 Å². The number of piperidine rings is 1. The normalized spacial score (nSPS) is 13.0. The van der Waals surface area contributed by atoms with E-state index in [-0.39, 0.29) is 18.0 Å². The Bertz CT molecular complexity index is 1410. The smallest absolute Gasteiger partial charge is 0.465 e. The molecule has 0 saturated carbocycles. The van der Waals surface area contributed by atoms with Crippen LogP contribution in [0.5, 0.6) is 17.2 Å². The lowest BCUT2D eigenvalue weighted by Crippen LogP contribution is -2.42. The van der Waals surface area contributed by atoms with Crippen molar-refractivity contribution in [1.82, 2.24) is 4.90 Å². The Labute approximate surface area is 260 Å². The van der Waals surface area contributed by atoms with Crippen molar-refractivity contribution in [2.45, 2.75) is 44.6 Å². The number of rotatable bonds is 13. The fourth-order valence-electron chi connectivity index (χ4n) is 4.68. The molecule has 0 radical (unpaired) electrons. The van der Waals surface area contributed by atoms with Gasteiger partial charge >= 0.3 is 18.3 Å². The van der Waals surface area contributed by atoms with Gasteiger partial charge in [0.15, 0.2) is 0 Å². The topological polar surface area (TPSA) is 158 Å². The highest BCUT2D eigenvalue weighted by atomic mass is 16.7. The summed E-state index contributed by atoms with van der Waals surface area (Å²) in [7, 11) is 0. The average Bonchev–Trinajstić information content (AvgIpc) is 3.03. The van der Waals surface area contributed by atoms with Crippen molar-refractivity contribution in [2.24, 2.45) is 0 Å². The van der Waals surface area contributed by atoms with Crippen LogP contribution in [0, 0.1) is 10.1 Å². The summed E-state index contributed by atoms with van der Waals surface area (Å²) in [5, 5.41) is 20.4. The molecule has 13 nitrogen and oxygen atoms in total. The first kappa shape index (κ1) is 32.6. The van der Waals surface area contributed by atoms with Gasteiger partial charge in [-0.15, -0.1) is 0 Å². The van der Waals surface area contributed by atoms with Crippen LogP contribution in [0.3, 0.4) is 0 Å². The number of nitro benzene ring substituents is 1. The van der Waals surface area contributed by atoms with Crippen LogP contribution in [-0.2, 0) is 9.47 Å².